The van der Waals surface area contributed by atoms with Crippen LogP contribution in [0.1, 0.15) is 5.56 Å². The fourth-order valence-corrected chi connectivity index (χ4v) is 1.92. The largest absolute Gasteiger partial charge is 0.398 e. The SMILES string of the molecule is Nc1ccc(=O)n(CCOCc2ccc(Br)cc2)c1. The first-order valence-corrected chi connectivity index (χ1v) is 6.72. The van der Waals surface area contributed by atoms with Crippen molar-refractivity contribution in [3.8, 4) is 0 Å². The van der Waals surface area contributed by atoms with Crippen molar-refractivity contribution in [2.24, 2.45) is 0 Å². The first-order valence-electron chi connectivity index (χ1n) is 5.93. The quantitative estimate of drug-likeness (QED) is 0.860. The summed E-state index contributed by atoms with van der Waals surface area (Å²) in [5.41, 5.74) is 7.24. The fourth-order valence-electron chi connectivity index (χ4n) is 1.66. The Labute approximate surface area is 119 Å². The van der Waals surface area contributed by atoms with Crippen LogP contribution in [0.15, 0.2) is 51.9 Å². The van der Waals surface area contributed by atoms with E-state index >= 15 is 0 Å². The highest BCUT2D eigenvalue weighted by Gasteiger charge is 1.97. The molecular formula is C14H15BrN2O2. The molecule has 19 heavy (non-hydrogen) atoms. The van der Waals surface area contributed by atoms with Crippen LogP contribution >= 0.6 is 15.9 Å². The minimum Gasteiger partial charge on any atom is -0.398 e. The van der Waals surface area contributed by atoms with Crippen LogP contribution in [0.4, 0.5) is 5.69 Å². The zero-order valence-electron chi connectivity index (χ0n) is 10.4. The molecule has 2 N–H and O–H groups in total. The molecule has 0 aliphatic carbocycles. The molecule has 0 fully saturated rings. The van der Waals surface area contributed by atoms with Gasteiger partial charge in [0, 0.05) is 29.0 Å². The van der Waals surface area contributed by atoms with E-state index in [9.17, 15) is 4.79 Å². The van der Waals surface area contributed by atoms with Crippen molar-refractivity contribution in [3.63, 3.8) is 0 Å². The normalized spacial score (nSPS) is 10.6. The number of hydrogen-bond donors (Lipinski definition) is 1. The number of ether oxygens (including phenoxy) is 1. The number of anilines is 1. The molecule has 0 unspecified atom stereocenters. The molecular weight excluding hydrogens is 308 g/mol. The number of nitrogens with zero attached hydrogens (tertiary/aromatic N) is 1. The molecule has 0 radical (unpaired) electrons. The molecule has 0 bridgehead atoms. The number of nitrogen functional groups attached to an aromatic ring is 1. The molecule has 0 saturated heterocycles. The molecule has 1 aromatic heterocycles. The van der Waals surface area contributed by atoms with E-state index in [2.05, 4.69) is 15.9 Å². The molecule has 0 atom stereocenters. The molecule has 0 aliphatic heterocycles. The molecule has 1 heterocycles. The third-order valence-corrected chi connectivity index (χ3v) is 3.19. The van der Waals surface area contributed by atoms with Crippen LogP contribution in [0.25, 0.3) is 0 Å². The first kappa shape index (κ1) is 13.8. The van der Waals surface area contributed by atoms with E-state index < -0.39 is 0 Å². The van der Waals surface area contributed by atoms with Crippen LogP contribution < -0.4 is 11.3 Å². The Morgan fingerprint density at radius 3 is 2.63 bits per heavy atom. The van der Waals surface area contributed by atoms with Crippen molar-refractivity contribution in [1.82, 2.24) is 4.57 Å². The molecule has 1 aromatic carbocycles. The highest BCUT2D eigenvalue weighted by Crippen LogP contribution is 2.11. The van der Waals surface area contributed by atoms with E-state index in [1.807, 2.05) is 24.3 Å². The summed E-state index contributed by atoms with van der Waals surface area (Å²) in [6, 6.07) is 11.0. The highest BCUT2D eigenvalue weighted by molar-refractivity contribution is 9.10. The third kappa shape index (κ3) is 4.22. The van der Waals surface area contributed by atoms with Gasteiger partial charge in [0.05, 0.1) is 13.2 Å². The molecule has 2 aromatic rings. The van der Waals surface area contributed by atoms with Gasteiger partial charge in [0.25, 0.3) is 5.56 Å². The van der Waals surface area contributed by atoms with Gasteiger partial charge in [-0.25, -0.2) is 0 Å². The first-order chi connectivity index (χ1) is 9.15. The van der Waals surface area contributed by atoms with Crippen LogP contribution in [-0.2, 0) is 17.9 Å². The maximum atomic E-state index is 11.5. The monoisotopic (exact) mass is 322 g/mol. The van der Waals surface area contributed by atoms with E-state index in [1.165, 1.54) is 6.07 Å². The molecule has 0 amide bonds. The molecule has 0 saturated carbocycles. The fraction of sp³-hybridized carbons (Fsp3) is 0.214. The van der Waals surface area contributed by atoms with Gasteiger partial charge in [-0.3, -0.25) is 4.79 Å². The Bertz CT molecular complexity index is 593. The summed E-state index contributed by atoms with van der Waals surface area (Å²) in [7, 11) is 0. The molecule has 5 heteroatoms. The Kier molecular flexibility index (Phi) is 4.76. The molecule has 100 valence electrons. The highest BCUT2D eigenvalue weighted by atomic mass is 79.9. The Morgan fingerprint density at radius 1 is 1.16 bits per heavy atom. The van der Waals surface area contributed by atoms with Gasteiger partial charge in [0.2, 0.25) is 0 Å². The van der Waals surface area contributed by atoms with Gasteiger partial charge < -0.3 is 15.0 Å². The summed E-state index contributed by atoms with van der Waals surface area (Å²) < 4.78 is 8.14. The summed E-state index contributed by atoms with van der Waals surface area (Å²) in [6.45, 7) is 1.50. The smallest absolute Gasteiger partial charge is 0.250 e. The third-order valence-electron chi connectivity index (χ3n) is 2.66. The lowest BCUT2D eigenvalue weighted by atomic mass is 10.2. The Balaban J connectivity index is 1.82. The summed E-state index contributed by atoms with van der Waals surface area (Å²) in [4.78, 5) is 11.5. The summed E-state index contributed by atoms with van der Waals surface area (Å²) in [6.07, 6.45) is 1.63. The number of aromatic nitrogens is 1. The van der Waals surface area contributed by atoms with Gasteiger partial charge in [-0.2, -0.15) is 0 Å². The second-order valence-electron chi connectivity index (χ2n) is 4.17. The lowest BCUT2D eigenvalue weighted by Crippen LogP contribution is -2.21. The van der Waals surface area contributed by atoms with Crippen LogP contribution in [0.3, 0.4) is 0 Å². The minimum atomic E-state index is -0.0681. The number of pyridine rings is 1. The molecule has 0 aliphatic rings. The van der Waals surface area contributed by atoms with E-state index in [0.717, 1.165) is 10.0 Å². The van der Waals surface area contributed by atoms with Crippen molar-refractivity contribution in [3.05, 3.63) is 63.0 Å². The lowest BCUT2D eigenvalue weighted by molar-refractivity contribution is 0.112. The lowest BCUT2D eigenvalue weighted by Gasteiger charge is -2.07. The average molecular weight is 323 g/mol. The number of nitrogens with two attached hydrogens (primary N) is 1. The number of benzene rings is 1. The zero-order valence-corrected chi connectivity index (χ0v) is 12.0. The van der Waals surface area contributed by atoms with Crippen molar-refractivity contribution in [2.45, 2.75) is 13.2 Å². The van der Waals surface area contributed by atoms with E-state index in [1.54, 1.807) is 16.8 Å². The molecule has 0 spiro atoms. The minimum absolute atomic E-state index is 0.0681. The van der Waals surface area contributed by atoms with E-state index in [0.29, 0.717) is 25.4 Å². The number of hydrogen-bond acceptors (Lipinski definition) is 3. The topological polar surface area (TPSA) is 57.2 Å². The van der Waals surface area contributed by atoms with Gasteiger partial charge in [0.15, 0.2) is 0 Å². The van der Waals surface area contributed by atoms with Gasteiger partial charge in [0.1, 0.15) is 0 Å². The predicted molar refractivity (Wildman–Crippen MR) is 78.9 cm³/mol. The molecule has 4 nitrogen and oxygen atoms in total. The van der Waals surface area contributed by atoms with Crippen LogP contribution in [-0.4, -0.2) is 11.2 Å². The van der Waals surface area contributed by atoms with Crippen LogP contribution in [0, 0.1) is 0 Å². The van der Waals surface area contributed by atoms with Gasteiger partial charge in [-0.1, -0.05) is 28.1 Å². The second kappa shape index (κ2) is 6.54. The van der Waals surface area contributed by atoms with Gasteiger partial charge in [-0.05, 0) is 23.8 Å². The standard InChI is InChI=1S/C14H15BrN2O2/c15-12-3-1-11(2-4-12)10-19-8-7-17-9-13(16)5-6-14(17)18/h1-6,9H,7-8,10,16H2. The average Bonchev–Trinajstić information content (AvgIpc) is 2.40. The van der Waals surface area contributed by atoms with Crippen molar-refractivity contribution in [1.29, 1.82) is 0 Å². The van der Waals surface area contributed by atoms with Crippen molar-refractivity contribution < 1.29 is 4.74 Å². The van der Waals surface area contributed by atoms with Crippen LogP contribution in [0.5, 0.6) is 0 Å². The van der Waals surface area contributed by atoms with E-state index in [-0.39, 0.29) is 5.56 Å². The summed E-state index contributed by atoms with van der Waals surface area (Å²) >= 11 is 3.38. The summed E-state index contributed by atoms with van der Waals surface area (Å²) in [5.74, 6) is 0. The van der Waals surface area contributed by atoms with Crippen molar-refractivity contribution >= 4 is 21.6 Å². The van der Waals surface area contributed by atoms with E-state index in [4.69, 9.17) is 10.5 Å². The summed E-state index contributed by atoms with van der Waals surface area (Å²) in [5, 5.41) is 0. The zero-order chi connectivity index (χ0) is 13.7. The maximum Gasteiger partial charge on any atom is 0.250 e. The predicted octanol–water partition coefficient (Wildman–Crippen LogP) is 2.41. The number of rotatable bonds is 5. The maximum absolute atomic E-state index is 11.5. The molecule has 2 rings (SSSR count). The van der Waals surface area contributed by atoms with Crippen LogP contribution in [0.2, 0.25) is 0 Å². The van der Waals surface area contributed by atoms with Crippen molar-refractivity contribution in [2.75, 3.05) is 12.3 Å². The number of halogens is 1. The van der Waals surface area contributed by atoms with Gasteiger partial charge >= 0.3 is 0 Å². The second-order valence-corrected chi connectivity index (χ2v) is 5.09. The Morgan fingerprint density at radius 2 is 1.89 bits per heavy atom. The van der Waals surface area contributed by atoms with Gasteiger partial charge in [-0.15, -0.1) is 0 Å². The Hall–Kier alpha value is -1.59.